The highest BCUT2D eigenvalue weighted by atomic mass is 16.4. The second-order valence-corrected chi connectivity index (χ2v) is 6.07. The van der Waals surface area contributed by atoms with Crippen molar-refractivity contribution in [2.45, 2.75) is 6.42 Å². The topological polar surface area (TPSA) is 84.1 Å². The molecule has 0 unspecified atom stereocenters. The summed E-state index contributed by atoms with van der Waals surface area (Å²) in [6, 6.07) is 5.99. The molecule has 1 aromatic carbocycles. The summed E-state index contributed by atoms with van der Waals surface area (Å²) in [7, 11) is 1.87. The van der Waals surface area contributed by atoms with Crippen LogP contribution in [0.2, 0.25) is 0 Å². The molecule has 3 heterocycles. The minimum Gasteiger partial charge on any atom is -0.465 e. The van der Waals surface area contributed by atoms with Gasteiger partial charge in [0.2, 0.25) is 0 Å². The molecule has 1 N–H and O–H groups in total. The number of benzene rings is 1. The molecule has 0 atom stereocenters. The van der Waals surface area contributed by atoms with E-state index in [1.807, 2.05) is 37.5 Å². The molecule has 126 valence electrons. The Morgan fingerprint density at radius 1 is 1.20 bits per heavy atom. The van der Waals surface area contributed by atoms with Crippen molar-refractivity contribution in [3.63, 3.8) is 0 Å². The average molecular weight is 335 g/mol. The van der Waals surface area contributed by atoms with Crippen molar-refractivity contribution in [2.24, 2.45) is 7.05 Å². The number of aromatic nitrogens is 4. The van der Waals surface area contributed by atoms with Crippen LogP contribution in [-0.2, 0) is 7.05 Å². The number of nitrogens with zero attached hydrogens (tertiary/aromatic N) is 5. The number of carbonyl (C=O) groups is 1. The fraction of sp³-hybridized carbons (Fsp3) is 0.222. The third-order valence-corrected chi connectivity index (χ3v) is 4.39. The molecule has 1 amide bonds. The third-order valence-electron chi connectivity index (χ3n) is 4.39. The fourth-order valence-electron chi connectivity index (χ4n) is 3.01. The summed E-state index contributed by atoms with van der Waals surface area (Å²) in [4.78, 5) is 21.6. The van der Waals surface area contributed by atoms with E-state index in [2.05, 4.69) is 10.1 Å². The SMILES string of the molecule is Cn1cc(-c2cnc3ccc(C4=CCN(C(=O)O)CC4)cc3n2)cn1. The lowest BCUT2D eigenvalue weighted by Crippen LogP contribution is -2.33. The van der Waals surface area contributed by atoms with Crippen molar-refractivity contribution in [1.29, 1.82) is 0 Å². The zero-order valence-electron chi connectivity index (χ0n) is 13.8. The van der Waals surface area contributed by atoms with Gasteiger partial charge in [-0.3, -0.25) is 9.67 Å². The van der Waals surface area contributed by atoms with Crippen LogP contribution in [0.25, 0.3) is 27.9 Å². The van der Waals surface area contributed by atoms with Gasteiger partial charge in [0, 0.05) is 31.9 Å². The Morgan fingerprint density at radius 2 is 2.08 bits per heavy atom. The van der Waals surface area contributed by atoms with Crippen LogP contribution in [-0.4, -0.2) is 48.9 Å². The molecule has 1 aliphatic rings. The largest absolute Gasteiger partial charge is 0.465 e. The lowest BCUT2D eigenvalue weighted by molar-refractivity contribution is 0.150. The normalized spacial score (nSPS) is 14.6. The first-order chi connectivity index (χ1) is 12.1. The van der Waals surface area contributed by atoms with Gasteiger partial charge in [0.25, 0.3) is 0 Å². The average Bonchev–Trinajstić information content (AvgIpc) is 3.07. The van der Waals surface area contributed by atoms with Crippen LogP contribution in [0.1, 0.15) is 12.0 Å². The zero-order chi connectivity index (χ0) is 17.4. The van der Waals surface area contributed by atoms with Gasteiger partial charge < -0.3 is 10.0 Å². The van der Waals surface area contributed by atoms with Gasteiger partial charge in [-0.05, 0) is 29.7 Å². The molecule has 25 heavy (non-hydrogen) atoms. The maximum Gasteiger partial charge on any atom is 0.407 e. The number of rotatable bonds is 2. The van der Waals surface area contributed by atoms with Crippen molar-refractivity contribution in [3.8, 4) is 11.3 Å². The molecular formula is C18H17N5O2. The number of hydrogen-bond acceptors (Lipinski definition) is 4. The third kappa shape index (κ3) is 2.96. The summed E-state index contributed by atoms with van der Waals surface area (Å²) in [5, 5.41) is 13.2. The van der Waals surface area contributed by atoms with Gasteiger partial charge in [-0.1, -0.05) is 12.1 Å². The first kappa shape index (κ1) is 15.3. The number of amides is 1. The minimum absolute atomic E-state index is 0.421. The van der Waals surface area contributed by atoms with Crippen LogP contribution in [0.5, 0.6) is 0 Å². The number of carboxylic acid groups (broad SMARTS) is 1. The monoisotopic (exact) mass is 335 g/mol. The Hall–Kier alpha value is -3.22. The van der Waals surface area contributed by atoms with Gasteiger partial charge >= 0.3 is 6.09 Å². The Bertz CT molecular complexity index is 992. The van der Waals surface area contributed by atoms with E-state index in [1.54, 1.807) is 17.1 Å². The second-order valence-electron chi connectivity index (χ2n) is 6.07. The van der Waals surface area contributed by atoms with E-state index in [1.165, 1.54) is 4.90 Å². The molecule has 1 aliphatic heterocycles. The van der Waals surface area contributed by atoms with Crippen LogP contribution in [0.15, 0.2) is 42.9 Å². The molecule has 0 saturated carbocycles. The van der Waals surface area contributed by atoms with Crippen LogP contribution in [0.3, 0.4) is 0 Å². The number of fused-ring (bicyclic) bond motifs is 1. The molecular weight excluding hydrogens is 318 g/mol. The molecule has 0 fully saturated rings. The number of hydrogen-bond donors (Lipinski definition) is 1. The van der Waals surface area contributed by atoms with E-state index < -0.39 is 6.09 Å². The van der Waals surface area contributed by atoms with Crippen molar-refractivity contribution in [3.05, 3.63) is 48.4 Å². The van der Waals surface area contributed by atoms with E-state index in [9.17, 15) is 4.79 Å². The van der Waals surface area contributed by atoms with Crippen LogP contribution in [0.4, 0.5) is 4.79 Å². The van der Waals surface area contributed by atoms with Gasteiger partial charge in [0.1, 0.15) is 0 Å². The van der Waals surface area contributed by atoms with Gasteiger partial charge in [0.15, 0.2) is 0 Å². The smallest absolute Gasteiger partial charge is 0.407 e. The van der Waals surface area contributed by atoms with Gasteiger partial charge in [-0.25, -0.2) is 9.78 Å². The molecule has 0 bridgehead atoms. The lowest BCUT2D eigenvalue weighted by Gasteiger charge is -2.23. The first-order valence-corrected chi connectivity index (χ1v) is 8.03. The summed E-state index contributed by atoms with van der Waals surface area (Å²) in [6.07, 6.45) is 7.22. The van der Waals surface area contributed by atoms with E-state index in [0.29, 0.717) is 19.5 Å². The van der Waals surface area contributed by atoms with Crippen molar-refractivity contribution < 1.29 is 9.90 Å². The zero-order valence-corrected chi connectivity index (χ0v) is 13.8. The molecule has 7 heteroatoms. The van der Waals surface area contributed by atoms with Crippen molar-refractivity contribution in [2.75, 3.05) is 13.1 Å². The lowest BCUT2D eigenvalue weighted by atomic mass is 9.99. The summed E-state index contributed by atoms with van der Waals surface area (Å²) >= 11 is 0. The first-order valence-electron chi connectivity index (χ1n) is 8.03. The maximum absolute atomic E-state index is 11.0. The molecule has 3 aromatic rings. The predicted molar refractivity (Wildman–Crippen MR) is 93.9 cm³/mol. The number of aryl methyl sites for hydroxylation is 1. The van der Waals surface area contributed by atoms with E-state index in [0.717, 1.165) is 33.4 Å². The van der Waals surface area contributed by atoms with Crippen molar-refractivity contribution in [1.82, 2.24) is 24.6 Å². The second kappa shape index (κ2) is 6.01. The Labute approximate surface area is 144 Å². The summed E-state index contributed by atoms with van der Waals surface area (Å²) in [5.41, 5.74) is 5.58. The predicted octanol–water partition coefficient (Wildman–Crippen LogP) is 2.80. The highest BCUT2D eigenvalue weighted by Crippen LogP contribution is 2.26. The van der Waals surface area contributed by atoms with Gasteiger partial charge in [0.05, 0.1) is 29.1 Å². The fourth-order valence-corrected chi connectivity index (χ4v) is 3.01. The highest BCUT2D eigenvalue weighted by Gasteiger charge is 2.17. The van der Waals surface area contributed by atoms with Gasteiger partial charge in [-0.2, -0.15) is 5.10 Å². The van der Waals surface area contributed by atoms with E-state index in [-0.39, 0.29) is 0 Å². The Morgan fingerprint density at radius 3 is 2.76 bits per heavy atom. The van der Waals surface area contributed by atoms with Crippen LogP contribution < -0.4 is 0 Å². The molecule has 7 nitrogen and oxygen atoms in total. The summed E-state index contributed by atoms with van der Waals surface area (Å²) in [5.74, 6) is 0. The Balaban J connectivity index is 1.68. The Kier molecular flexibility index (Phi) is 3.68. The minimum atomic E-state index is -0.874. The van der Waals surface area contributed by atoms with E-state index >= 15 is 0 Å². The molecule has 0 saturated heterocycles. The molecule has 0 radical (unpaired) electrons. The molecule has 0 aliphatic carbocycles. The van der Waals surface area contributed by atoms with E-state index in [4.69, 9.17) is 10.1 Å². The highest BCUT2D eigenvalue weighted by molar-refractivity contribution is 5.82. The molecule has 2 aromatic heterocycles. The standard InChI is InChI=1S/C18H17N5O2/c1-22-11-14(9-20-22)17-10-19-15-3-2-13(8-16(15)21-17)12-4-6-23(7-5-12)18(24)25/h2-4,8-11H,5-7H2,1H3,(H,24,25). The quantitative estimate of drug-likeness (QED) is 0.778. The van der Waals surface area contributed by atoms with Crippen LogP contribution >= 0.6 is 0 Å². The maximum atomic E-state index is 11.0. The summed E-state index contributed by atoms with van der Waals surface area (Å²) < 4.78 is 1.73. The molecule has 0 spiro atoms. The van der Waals surface area contributed by atoms with Crippen molar-refractivity contribution >= 4 is 22.7 Å². The molecule has 4 rings (SSSR count). The van der Waals surface area contributed by atoms with Crippen LogP contribution in [0, 0.1) is 0 Å². The summed E-state index contributed by atoms with van der Waals surface area (Å²) in [6.45, 7) is 0.935. The van der Waals surface area contributed by atoms with Gasteiger partial charge in [-0.15, -0.1) is 0 Å².